The Balaban J connectivity index is 1.55. The van der Waals surface area contributed by atoms with Gasteiger partial charge in [-0.05, 0) is 30.2 Å². The molecule has 1 aliphatic rings. The lowest BCUT2D eigenvalue weighted by Gasteiger charge is -2.22. The topological polar surface area (TPSA) is 100 Å². The van der Waals surface area contributed by atoms with E-state index in [1.165, 1.54) is 0 Å². The molecule has 138 valence electrons. The fourth-order valence-corrected chi connectivity index (χ4v) is 3.25. The molecule has 0 bridgehead atoms. The molecule has 3 heterocycles. The zero-order valence-electron chi connectivity index (χ0n) is 14.3. The Bertz CT molecular complexity index is 1020. The van der Waals surface area contributed by atoms with E-state index in [0.29, 0.717) is 22.9 Å². The molecule has 0 aliphatic carbocycles. The molecule has 4 rings (SSSR count). The number of imide groups is 1. The molecular formula is C18H17ClN6O2. The number of urea groups is 1. The van der Waals surface area contributed by atoms with Crippen molar-refractivity contribution in [2.45, 2.75) is 12.3 Å². The van der Waals surface area contributed by atoms with Crippen molar-refractivity contribution in [1.82, 2.24) is 25.2 Å². The Hall–Kier alpha value is -3.13. The second-order valence-electron chi connectivity index (χ2n) is 6.24. The normalized spacial score (nSPS) is 16.9. The number of nitrogens with one attached hydrogen (secondary N) is 3. The zero-order chi connectivity index (χ0) is 18.8. The first-order chi connectivity index (χ1) is 13.1. The van der Waals surface area contributed by atoms with Crippen LogP contribution < -0.4 is 16.0 Å². The second-order valence-corrected chi connectivity index (χ2v) is 6.67. The molecular weight excluding hydrogens is 368 g/mol. The number of hydrogen-bond donors (Lipinski definition) is 3. The van der Waals surface area contributed by atoms with Gasteiger partial charge in [0.15, 0.2) is 5.65 Å². The molecule has 0 radical (unpaired) electrons. The van der Waals surface area contributed by atoms with Gasteiger partial charge in [-0.1, -0.05) is 23.7 Å². The van der Waals surface area contributed by atoms with Crippen LogP contribution in [0.25, 0.3) is 5.65 Å². The van der Waals surface area contributed by atoms with Crippen LogP contribution in [0.15, 0.2) is 42.7 Å². The molecule has 3 amide bonds. The van der Waals surface area contributed by atoms with E-state index in [2.05, 4.69) is 26.0 Å². The van der Waals surface area contributed by atoms with Crippen LogP contribution in [-0.4, -0.2) is 39.6 Å². The minimum Gasteiger partial charge on any atom is -0.382 e. The maximum atomic E-state index is 12.2. The van der Waals surface area contributed by atoms with Crippen LogP contribution in [0.3, 0.4) is 0 Å². The molecule has 1 unspecified atom stereocenters. The summed E-state index contributed by atoms with van der Waals surface area (Å²) in [7, 11) is 0. The number of rotatable bonds is 5. The summed E-state index contributed by atoms with van der Waals surface area (Å²) in [4.78, 5) is 27.8. The van der Waals surface area contributed by atoms with Gasteiger partial charge in [0.25, 0.3) is 0 Å². The summed E-state index contributed by atoms with van der Waals surface area (Å²) in [6.45, 7) is 0.875. The van der Waals surface area contributed by atoms with Crippen LogP contribution in [0.1, 0.15) is 17.2 Å². The molecule has 8 nitrogen and oxygen atoms in total. The van der Waals surface area contributed by atoms with Crippen molar-refractivity contribution < 1.29 is 9.59 Å². The van der Waals surface area contributed by atoms with Crippen molar-refractivity contribution in [2.75, 3.05) is 18.4 Å². The first kappa shape index (κ1) is 17.3. The number of benzene rings is 1. The van der Waals surface area contributed by atoms with E-state index in [-0.39, 0.29) is 12.5 Å². The van der Waals surface area contributed by atoms with Crippen LogP contribution in [0, 0.1) is 0 Å². The van der Waals surface area contributed by atoms with Gasteiger partial charge in [-0.3, -0.25) is 10.1 Å². The Morgan fingerprint density at radius 3 is 3.00 bits per heavy atom. The van der Waals surface area contributed by atoms with Gasteiger partial charge < -0.3 is 10.6 Å². The maximum absolute atomic E-state index is 12.2. The number of amides is 3. The first-order valence-electron chi connectivity index (χ1n) is 8.51. The van der Waals surface area contributed by atoms with E-state index in [1.807, 2.05) is 30.3 Å². The van der Waals surface area contributed by atoms with Gasteiger partial charge in [-0.25, -0.2) is 14.3 Å². The van der Waals surface area contributed by atoms with Gasteiger partial charge >= 0.3 is 6.03 Å². The minimum absolute atomic E-state index is 0.208. The van der Waals surface area contributed by atoms with E-state index in [9.17, 15) is 9.59 Å². The van der Waals surface area contributed by atoms with Gasteiger partial charge in [0.1, 0.15) is 0 Å². The second kappa shape index (κ2) is 7.24. The monoisotopic (exact) mass is 384 g/mol. The number of fused-ring (bicyclic) bond motifs is 1. The van der Waals surface area contributed by atoms with E-state index < -0.39 is 11.9 Å². The van der Waals surface area contributed by atoms with E-state index in [1.54, 1.807) is 16.9 Å². The van der Waals surface area contributed by atoms with Crippen molar-refractivity contribution in [1.29, 1.82) is 0 Å². The Kier molecular flexibility index (Phi) is 4.64. The smallest absolute Gasteiger partial charge is 0.321 e. The van der Waals surface area contributed by atoms with Gasteiger partial charge in [-0.2, -0.15) is 5.10 Å². The third-order valence-electron chi connectivity index (χ3n) is 4.37. The predicted molar refractivity (Wildman–Crippen MR) is 101 cm³/mol. The minimum atomic E-state index is -0.553. The van der Waals surface area contributed by atoms with E-state index in [4.69, 9.17) is 11.6 Å². The molecule has 1 aromatic carbocycles. The standard InChI is InChI=1S/C18H17ClN6O2/c19-12-3-1-2-11(8-12)4-5-20-15-9-14(24-25-7-6-21-16(15)25)13-10-22-18(27)23-17(13)26/h1-3,6-9,13,20H,4-5,10H2,(H2,22,23,26,27). The molecule has 0 saturated carbocycles. The van der Waals surface area contributed by atoms with Crippen LogP contribution in [0.4, 0.5) is 10.5 Å². The lowest BCUT2D eigenvalue weighted by molar-refractivity contribution is -0.122. The molecule has 1 fully saturated rings. The number of halogens is 1. The molecule has 2 aromatic heterocycles. The summed E-state index contributed by atoms with van der Waals surface area (Å²) in [5.74, 6) is -0.918. The summed E-state index contributed by atoms with van der Waals surface area (Å²) in [6.07, 6.45) is 4.16. The Morgan fingerprint density at radius 2 is 2.19 bits per heavy atom. The fourth-order valence-electron chi connectivity index (χ4n) is 3.04. The van der Waals surface area contributed by atoms with Gasteiger partial charge in [-0.15, -0.1) is 0 Å². The van der Waals surface area contributed by atoms with Crippen molar-refractivity contribution in [3.05, 3.63) is 59.0 Å². The summed E-state index contributed by atoms with van der Waals surface area (Å²) in [5.41, 5.74) is 3.13. The van der Waals surface area contributed by atoms with E-state index in [0.717, 1.165) is 17.7 Å². The number of carbonyl (C=O) groups excluding carboxylic acids is 2. The summed E-state index contributed by atoms with van der Waals surface area (Å²) >= 11 is 6.03. The number of aromatic nitrogens is 3. The summed E-state index contributed by atoms with van der Waals surface area (Å²) in [6, 6.07) is 9.04. The fraction of sp³-hybridized carbons (Fsp3) is 0.222. The highest BCUT2D eigenvalue weighted by Gasteiger charge is 2.29. The highest BCUT2D eigenvalue weighted by molar-refractivity contribution is 6.30. The number of carbonyl (C=O) groups is 2. The van der Waals surface area contributed by atoms with Crippen molar-refractivity contribution >= 4 is 34.9 Å². The molecule has 3 N–H and O–H groups in total. The zero-order valence-corrected chi connectivity index (χ0v) is 15.0. The third kappa shape index (κ3) is 3.70. The highest BCUT2D eigenvalue weighted by Crippen LogP contribution is 2.22. The Morgan fingerprint density at radius 1 is 1.30 bits per heavy atom. The maximum Gasteiger partial charge on any atom is 0.321 e. The highest BCUT2D eigenvalue weighted by atomic mass is 35.5. The van der Waals surface area contributed by atoms with Crippen LogP contribution in [0.2, 0.25) is 5.02 Å². The molecule has 3 aromatic rings. The average molecular weight is 385 g/mol. The Labute approximate surface area is 159 Å². The van der Waals surface area contributed by atoms with Gasteiger partial charge in [0, 0.05) is 30.5 Å². The largest absolute Gasteiger partial charge is 0.382 e. The lowest BCUT2D eigenvalue weighted by Crippen LogP contribution is -2.51. The number of nitrogens with zero attached hydrogens (tertiary/aromatic N) is 3. The number of anilines is 1. The molecule has 1 aliphatic heterocycles. The molecule has 0 spiro atoms. The van der Waals surface area contributed by atoms with Gasteiger partial charge in [0.05, 0.1) is 17.3 Å². The first-order valence-corrected chi connectivity index (χ1v) is 8.89. The molecule has 27 heavy (non-hydrogen) atoms. The quantitative estimate of drug-likeness (QED) is 0.624. The SMILES string of the molecule is O=C1NCC(c2cc(NCCc3cccc(Cl)c3)c3nccn3n2)C(=O)N1. The molecule has 1 atom stereocenters. The van der Waals surface area contributed by atoms with Gasteiger partial charge in [0.2, 0.25) is 5.91 Å². The summed E-state index contributed by atoms with van der Waals surface area (Å²) in [5, 5.41) is 13.4. The lowest BCUT2D eigenvalue weighted by atomic mass is 10.0. The van der Waals surface area contributed by atoms with Crippen LogP contribution >= 0.6 is 11.6 Å². The molecule has 1 saturated heterocycles. The van der Waals surface area contributed by atoms with E-state index >= 15 is 0 Å². The average Bonchev–Trinajstić information content (AvgIpc) is 3.10. The van der Waals surface area contributed by atoms with Crippen LogP contribution in [-0.2, 0) is 11.2 Å². The summed E-state index contributed by atoms with van der Waals surface area (Å²) < 4.78 is 1.63. The van der Waals surface area contributed by atoms with Crippen molar-refractivity contribution in [3.63, 3.8) is 0 Å². The van der Waals surface area contributed by atoms with Crippen molar-refractivity contribution in [3.8, 4) is 0 Å². The third-order valence-corrected chi connectivity index (χ3v) is 4.61. The number of hydrogen-bond acceptors (Lipinski definition) is 5. The molecule has 9 heteroatoms. The number of imidazole rings is 1. The predicted octanol–water partition coefficient (Wildman–Crippen LogP) is 1.96. The van der Waals surface area contributed by atoms with Crippen molar-refractivity contribution in [2.24, 2.45) is 0 Å². The van der Waals surface area contributed by atoms with Crippen LogP contribution in [0.5, 0.6) is 0 Å².